The number of rotatable bonds is 21. The zero-order chi connectivity index (χ0) is 24.9. The van der Waals surface area contributed by atoms with Crippen LogP contribution in [-0.2, 0) is 26.1 Å². The van der Waals surface area contributed by atoms with Gasteiger partial charge in [0.1, 0.15) is 5.75 Å². The Bertz CT molecular complexity index is 732. The van der Waals surface area contributed by atoms with Gasteiger partial charge < -0.3 is 38.3 Å². The maximum atomic E-state index is 11.0. The number of benzene rings is 1. The molecule has 0 saturated carbocycles. The van der Waals surface area contributed by atoms with E-state index in [4.69, 9.17) is 17.2 Å². The van der Waals surface area contributed by atoms with Crippen LogP contribution in [0.1, 0.15) is 73.6 Å². The molecule has 0 amide bonds. The molecule has 0 atom stereocenters. The van der Waals surface area contributed by atoms with E-state index in [1.165, 1.54) is 36.8 Å². The number of phenols is 1. The fourth-order valence-corrected chi connectivity index (χ4v) is 3.98. The second-order valence-electron chi connectivity index (χ2n) is 8.40. The Morgan fingerprint density at radius 3 is 2.00 bits per heavy atom. The van der Waals surface area contributed by atoms with E-state index in [1.807, 2.05) is 6.08 Å². The van der Waals surface area contributed by atoms with E-state index in [9.17, 15) is 5.11 Å². The highest BCUT2D eigenvalue weighted by atomic mass is 16.3. The molecule has 10 N–H and O–H groups in total. The molecule has 0 spiro atoms. The highest BCUT2D eigenvalue weighted by Gasteiger charge is 2.17. The Balaban J connectivity index is 2.62. The second kappa shape index (κ2) is 20.4. The first kappa shape index (κ1) is 30.0. The first-order valence-corrected chi connectivity index (χ1v) is 12.7. The molecule has 192 valence electrons. The third-order valence-electron chi connectivity index (χ3n) is 5.76. The smallest absolute Gasteiger partial charge is 0.124 e. The lowest BCUT2D eigenvalue weighted by atomic mass is 9.91. The van der Waals surface area contributed by atoms with Crippen LogP contribution in [0.5, 0.6) is 5.75 Å². The molecular weight excluding hydrogens is 424 g/mol. The third-order valence-corrected chi connectivity index (χ3v) is 5.76. The van der Waals surface area contributed by atoms with Crippen molar-refractivity contribution in [1.29, 1.82) is 0 Å². The highest BCUT2D eigenvalue weighted by molar-refractivity contribution is 5.50. The lowest BCUT2D eigenvalue weighted by Gasteiger charge is -2.20. The Kier molecular flexibility index (Phi) is 18.0. The number of allylic oxidation sites excluding steroid dienone is 5. The molecule has 0 aliphatic rings. The molecule has 1 aromatic carbocycles. The predicted octanol–water partition coefficient (Wildman–Crippen LogP) is 3.37. The van der Waals surface area contributed by atoms with E-state index in [1.54, 1.807) is 0 Å². The van der Waals surface area contributed by atoms with Crippen molar-refractivity contribution in [3.05, 3.63) is 65.3 Å². The van der Waals surface area contributed by atoms with E-state index in [0.29, 0.717) is 45.4 Å². The number of unbranched alkanes of at least 4 members (excludes halogenated alkanes) is 5. The van der Waals surface area contributed by atoms with Crippen molar-refractivity contribution in [3.8, 4) is 5.75 Å². The topological polar surface area (TPSA) is 134 Å². The van der Waals surface area contributed by atoms with Crippen LogP contribution < -0.4 is 33.2 Å². The van der Waals surface area contributed by atoms with Crippen LogP contribution >= 0.6 is 0 Å². The van der Waals surface area contributed by atoms with Crippen LogP contribution in [-0.4, -0.2) is 25.1 Å². The Hall–Kier alpha value is -2.00. The first-order valence-electron chi connectivity index (χ1n) is 12.7. The number of hydrogen-bond acceptors (Lipinski definition) is 7. The molecule has 0 radical (unpaired) electrons. The zero-order valence-corrected chi connectivity index (χ0v) is 21.0. The maximum Gasteiger partial charge on any atom is 0.124 e. The van der Waals surface area contributed by atoms with Crippen molar-refractivity contribution in [2.24, 2.45) is 17.2 Å². The van der Waals surface area contributed by atoms with Crippen LogP contribution in [0.4, 0.5) is 0 Å². The van der Waals surface area contributed by atoms with Crippen LogP contribution in [0.25, 0.3) is 0 Å². The maximum absolute atomic E-state index is 11.0. The fraction of sp³-hybridized carbons (Fsp3) is 0.556. The molecule has 34 heavy (non-hydrogen) atoms. The summed E-state index contributed by atoms with van der Waals surface area (Å²) >= 11 is 0. The summed E-state index contributed by atoms with van der Waals surface area (Å²) in [6, 6.07) is 2.07. The monoisotopic (exact) mass is 472 g/mol. The average molecular weight is 473 g/mol. The van der Waals surface area contributed by atoms with Crippen molar-refractivity contribution in [1.82, 2.24) is 16.0 Å². The minimum Gasteiger partial charge on any atom is -0.507 e. The Morgan fingerprint density at radius 2 is 1.29 bits per heavy atom. The Morgan fingerprint density at radius 1 is 0.706 bits per heavy atom. The third kappa shape index (κ3) is 12.5. The normalized spacial score (nSPS) is 11.7. The standard InChI is InChI=1S/C27H48N6O/c1-2-3-4-5-6-7-8-9-10-11-12-13-14-15-25-23(17-31-20-28)16-24(18-32-21-29)27(34)26(25)19-33-22-30/h2,4-5,7-8,16,31-34H,1,3,6,9-15,17-22,28-30H2/b5-4-,8-7-. The quantitative estimate of drug-likeness (QED) is 0.0828. The molecule has 0 aliphatic carbocycles. The number of nitrogens with two attached hydrogens (primary N) is 3. The minimum absolute atomic E-state index is 0.333. The fourth-order valence-electron chi connectivity index (χ4n) is 3.98. The van der Waals surface area contributed by atoms with Crippen LogP contribution in [0.3, 0.4) is 0 Å². The van der Waals surface area contributed by atoms with E-state index in [-0.39, 0.29) is 0 Å². The summed E-state index contributed by atoms with van der Waals surface area (Å²) in [6.45, 7) is 6.58. The van der Waals surface area contributed by atoms with Gasteiger partial charge in [-0.25, -0.2) is 0 Å². The minimum atomic E-state index is 0.333. The van der Waals surface area contributed by atoms with Gasteiger partial charge in [0.05, 0.1) is 0 Å². The summed E-state index contributed by atoms with van der Waals surface area (Å²) < 4.78 is 0. The van der Waals surface area contributed by atoms with Gasteiger partial charge in [-0.3, -0.25) is 0 Å². The highest BCUT2D eigenvalue weighted by Crippen LogP contribution is 2.31. The molecule has 7 nitrogen and oxygen atoms in total. The second-order valence-corrected chi connectivity index (χ2v) is 8.40. The zero-order valence-electron chi connectivity index (χ0n) is 21.0. The van der Waals surface area contributed by atoms with Crippen molar-refractivity contribution >= 4 is 0 Å². The summed E-state index contributed by atoms with van der Waals surface area (Å²) in [4.78, 5) is 0. The van der Waals surface area contributed by atoms with E-state index in [2.05, 4.69) is 52.9 Å². The number of aromatic hydroxyl groups is 1. The molecule has 0 bridgehead atoms. The van der Waals surface area contributed by atoms with Crippen LogP contribution in [0.2, 0.25) is 0 Å². The van der Waals surface area contributed by atoms with Gasteiger partial charge in [-0.1, -0.05) is 49.6 Å². The van der Waals surface area contributed by atoms with Gasteiger partial charge in [0, 0.05) is 50.8 Å². The molecule has 0 saturated heterocycles. The summed E-state index contributed by atoms with van der Waals surface area (Å²) in [7, 11) is 0. The van der Waals surface area contributed by atoms with Gasteiger partial charge in [-0.15, -0.1) is 6.58 Å². The van der Waals surface area contributed by atoms with Crippen molar-refractivity contribution < 1.29 is 5.11 Å². The summed E-state index contributed by atoms with van der Waals surface area (Å²) in [5, 5.41) is 20.5. The number of phenolic OH excluding ortho intramolecular Hbond substituents is 1. The van der Waals surface area contributed by atoms with Gasteiger partial charge in [0.25, 0.3) is 0 Å². The SMILES string of the molecule is C=CC/C=C\C/C=C\CCCCCCCc1c(CNCN)cc(CNCN)c(O)c1CNCN. The predicted molar refractivity (Wildman–Crippen MR) is 145 cm³/mol. The van der Waals surface area contributed by atoms with Gasteiger partial charge in [-0.2, -0.15) is 0 Å². The summed E-state index contributed by atoms with van der Waals surface area (Å²) in [5.74, 6) is 0.333. The summed E-state index contributed by atoms with van der Waals surface area (Å²) in [5.41, 5.74) is 21.1. The van der Waals surface area contributed by atoms with Crippen molar-refractivity contribution in [2.75, 3.05) is 20.0 Å². The molecule has 0 heterocycles. The van der Waals surface area contributed by atoms with E-state index >= 15 is 0 Å². The van der Waals surface area contributed by atoms with Gasteiger partial charge in [-0.05, 0) is 55.7 Å². The molecule has 0 fully saturated rings. The average Bonchev–Trinajstić information content (AvgIpc) is 2.85. The largest absolute Gasteiger partial charge is 0.507 e. The molecule has 0 aliphatic heterocycles. The molecule has 7 heteroatoms. The van der Waals surface area contributed by atoms with E-state index < -0.39 is 0 Å². The molecule has 1 rings (SSSR count). The van der Waals surface area contributed by atoms with Gasteiger partial charge in [0.2, 0.25) is 0 Å². The number of hydrogen-bond donors (Lipinski definition) is 7. The molecule has 1 aromatic rings. The lowest BCUT2D eigenvalue weighted by molar-refractivity contribution is 0.452. The lowest BCUT2D eigenvalue weighted by Crippen LogP contribution is -2.26. The molecule has 0 aromatic heterocycles. The number of nitrogens with one attached hydrogen (secondary N) is 3. The molecular formula is C27H48N6O. The van der Waals surface area contributed by atoms with Gasteiger partial charge >= 0.3 is 0 Å². The van der Waals surface area contributed by atoms with E-state index in [0.717, 1.165) is 43.2 Å². The summed E-state index contributed by atoms with van der Waals surface area (Å²) in [6.07, 6.45) is 20.8. The van der Waals surface area contributed by atoms with Crippen LogP contribution in [0, 0.1) is 0 Å². The Labute approximate surface area is 206 Å². The van der Waals surface area contributed by atoms with Gasteiger partial charge in [0.15, 0.2) is 0 Å². The van der Waals surface area contributed by atoms with Crippen molar-refractivity contribution in [3.63, 3.8) is 0 Å². The van der Waals surface area contributed by atoms with Crippen LogP contribution in [0.15, 0.2) is 43.0 Å². The molecule has 0 unspecified atom stereocenters. The van der Waals surface area contributed by atoms with Crippen molar-refractivity contribution in [2.45, 2.75) is 77.4 Å². The first-order chi connectivity index (χ1) is 16.7.